The Morgan fingerprint density at radius 3 is 3.00 bits per heavy atom. The summed E-state index contributed by atoms with van der Waals surface area (Å²) in [5, 5.41) is 1.26. The molecule has 2 bridgehead atoms. The van der Waals surface area contributed by atoms with Crippen molar-refractivity contribution >= 4 is 16.9 Å². The second-order valence-corrected chi connectivity index (χ2v) is 7.83. The molecule has 3 atom stereocenters. The third-order valence-electron chi connectivity index (χ3n) is 6.49. The zero-order valence-corrected chi connectivity index (χ0v) is 15.3. The van der Waals surface area contributed by atoms with Gasteiger partial charge in [-0.25, -0.2) is 0 Å². The van der Waals surface area contributed by atoms with E-state index in [0.717, 1.165) is 43.6 Å². The quantitative estimate of drug-likeness (QED) is 0.844. The van der Waals surface area contributed by atoms with Crippen LogP contribution in [-0.2, 0) is 16.0 Å². The maximum absolute atomic E-state index is 12.7. The lowest BCUT2D eigenvalue weighted by molar-refractivity contribution is -0.143. The van der Waals surface area contributed by atoms with Crippen LogP contribution in [0.5, 0.6) is 0 Å². The van der Waals surface area contributed by atoms with E-state index < -0.39 is 0 Å². The predicted molar refractivity (Wildman–Crippen MR) is 99.8 cm³/mol. The van der Waals surface area contributed by atoms with E-state index in [0.29, 0.717) is 0 Å². The van der Waals surface area contributed by atoms with Gasteiger partial charge in [0.2, 0.25) is 0 Å². The molecule has 4 rings (SSSR count). The van der Waals surface area contributed by atoms with Gasteiger partial charge < -0.3 is 14.6 Å². The third-order valence-corrected chi connectivity index (χ3v) is 6.49. The Balaban J connectivity index is 1.86. The van der Waals surface area contributed by atoms with Crippen LogP contribution < -0.4 is 0 Å². The summed E-state index contributed by atoms with van der Waals surface area (Å²) in [5.41, 5.74) is 3.75. The number of ether oxygens (including phenoxy) is 1. The first-order valence-corrected chi connectivity index (χ1v) is 9.55. The van der Waals surface area contributed by atoms with Crippen molar-refractivity contribution in [3.05, 3.63) is 35.5 Å². The van der Waals surface area contributed by atoms with Crippen LogP contribution in [0.2, 0.25) is 0 Å². The molecule has 0 spiro atoms. The summed E-state index contributed by atoms with van der Waals surface area (Å²) in [4.78, 5) is 18.9. The van der Waals surface area contributed by atoms with Gasteiger partial charge in [-0.15, -0.1) is 0 Å². The van der Waals surface area contributed by atoms with Crippen molar-refractivity contribution < 1.29 is 9.53 Å². The Morgan fingerprint density at radius 2 is 2.20 bits per heavy atom. The summed E-state index contributed by atoms with van der Waals surface area (Å²) in [6, 6.07) is 8.42. The van der Waals surface area contributed by atoms with E-state index in [4.69, 9.17) is 4.74 Å². The second kappa shape index (κ2) is 6.49. The molecular weight excluding hydrogens is 312 g/mol. The number of para-hydroxylation sites is 1. The number of nitrogens with one attached hydrogen (secondary N) is 1. The van der Waals surface area contributed by atoms with E-state index in [1.54, 1.807) is 0 Å². The average molecular weight is 340 g/mol. The van der Waals surface area contributed by atoms with Crippen LogP contribution in [0.3, 0.4) is 0 Å². The number of hydrogen-bond donors (Lipinski definition) is 1. The molecule has 2 aliphatic rings. The number of carbonyl (C=O) groups excluding carboxylic acids is 1. The number of nitrogens with zero attached hydrogens (tertiary/aromatic N) is 1. The number of aromatic nitrogens is 1. The van der Waals surface area contributed by atoms with Crippen molar-refractivity contribution in [1.29, 1.82) is 0 Å². The van der Waals surface area contributed by atoms with Gasteiger partial charge in [-0.2, -0.15) is 0 Å². The van der Waals surface area contributed by atoms with Crippen molar-refractivity contribution in [2.75, 3.05) is 26.7 Å². The van der Waals surface area contributed by atoms with Crippen molar-refractivity contribution in [2.24, 2.45) is 5.41 Å². The van der Waals surface area contributed by atoms with Gasteiger partial charge in [0.1, 0.15) is 0 Å². The number of aromatic amines is 1. The zero-order chi connectivity index (χ0) is 17.4. The predicted octanol–water partition coefficient (Wildman–Crippen LogP) is 3.86. The molecule has 1 aromatic carbocycles. The number of carbonyl (C=O) groups is 1. The topological polar surface area (TPSA) is 45.3 Å². The maximum atomic E-state index is 12.7. The van der Waals surface area contributed by atoms with E-state index in [9.17, 15) is 4.79 Å². The summed E-state index contributed by atoms with van der Waals surface area (Å²) in [7, 11) is 1.52. The molecule has 1 saturated heterocycles. The van der Waals surface area contributed by atoms with E-state index in [-0.39, 0.29) is 17.3 Å². The fourth-order valence-corrected chi connectivity index (χ4v) is 5.04. The van der Waals surface area contributed by atoms with Gasteiger partial charge in [-0.1, -0.05) is 25.1 Å². The second-order valence-electron chi connectivity index (χ2n) is 7.83. The van der Waals surface area contributed by atoms with Crippen LogP contribution in [0.1, 0.15) is 49.8 Å². The number of methoxy groups -OCH3 is 1. The normalized spacial score (nSPS) is 29.4. The Bertz CT molecular complexity index is 781. The fourth-order valence-electron chi connectivity index (χ4n) is 5.04. The average Bonchev–Trinajstić information content (AvgIpc) is 3.03. The van der Waals surface area contributed by atoms with Crippen LogP contribution in [0.25, 0.3) is 10.9 Å². The monoisotopic (exact) mass is 340 g/mol. The Labute approximate surface area is 149 Å². The van der Waals surface area contributed by atoms with Crippen LogP contribution >= 0.6 is 0 Å². The van der Waals surface area contributed by atoms with Gasteiger partial charge >= 0.3 is 5.97 Å². The van der Waals surface area contributed by atoms with Gasteiger partial charge in [0.25, 0.3) is 0 Å². The van der Waals surface area contributed by atoms with Gasteiger partial charge in [-0.05, 0) is 55.7 Å². The molecule has 25 heavy (non-hydrogen) atoms. The highest BCUT2D eigenvalue weighted by Crippen LogP contribution is 2.44. The van der Waals surface area contributed by atoms with Crippen molar-refractivity contribution in [2.45, 2.75) is 44.9 Å². The molecule has 134 valence electrons. The lowest BCUT2D eigenvalue weighted by Crippen LogP contribution is -2.44. The number of piperidine rings is 1. The van der Waals surface area contributed by atoms with Crippen LogP contribution in [0.15, 0.2) is 24.3 Å². The van der Waals surface area contributed by atoms with E-state index in [1.165, 1.54) is 37.4 Å². The van der Waals surface area contributed by atoms with Crippen molar-refractivity contribution in [3.63, 3.8) is 0 Å². The number of H-pyrrole nitrogens is 1. The standard InChI is InChI=1S/C21H28N2O2/c1-3-21-10-6-11-23(14-21)12-9-16-15-7-4-5-8-18(15)22-19(16)17(13-21)20(24)25-2/h4-5,7-8,17,22H,3,6,9-14H2,1-2H3/t17-,21-/m1/s1. The zero-order valence-electron chi connectivity index (χ0n) is 15.3. The summed E-state index contributed by atoms with van der Waals surface area (Å²) in [6.07, 6.45) is 5.44. The molecule has 0 saturated carbocycles. The van der Waals surface area contributed by atoms with Crippen molar-refractivity contribution in [3.8, 4) is 0 Å². The molecule has 4 heteroatoms. The lowest BCUT2D eigenvalue weighted by Gasteiger charge is -2.43. The molecule has 2 aromatic rings. The number of fused-ring (bicyclic) bond motifs is 5. The lowest BCUT2D eigenvalue weighted by atomic mass is 9.71. The summed E-state index contributed by atoms with van der Waals surface area (Å²) in [5.74, 6) is -0.287. The highest BCUT2D eigenvalue weighted by molar-refractivity contribution is 5.88. The first kappa shape index (κ1) is 16.6. The number of rotatable bonds is 2. The third kappa shape index (κ3) is 2.86. The molecule has 0 radical (unpaired) electrons. The molecule has 1 aromatic heterocycles. The Kier molecular flexibility index (Phi) is 4.32. The molecule has 1 N–H and O–H groups in total. The summed E-state index contributed by atoms with van der Waals surface area (Å²) >= 11 is 0. The van der Waals surface area contributed by atoms with E-state index >= 15 is 0 Å². The van der Waals surface area contributed by atoms with Crippen LogP contribution in [0.4, 0.5) is 0 Å². The molecule has 4 nitrogen and oxygen atoms in total. The Hall–Kier alpha value is -1.81. The molecule has 1 fully saturated rings. The molecule has 2 aliphatic heterocycles. The highest BCUT2D eigenvalue weighted by Gasteiger charge is 2.41. The summed E-state index contributed by atoms with van der Waals surface area (Å²) in [6.45, 7) is 5.65. The van der Waals surface area contributed by atoms with Crippen molar-refractivity contribution in [1.82, 2.24) is 9.88 Å². The van der Waals surface area contributed by atoms with Gasteiger partial charge in [0.05, 0.1) is 13.0 Å². The molecule has 0 amide bonds. The number of esters is 1. The van der Waals surface area contributed by atoms with E-state index in [2.05, 4.69) is 41.1 Å². The highest BCUT2D eigenvalue weighted by atomic mass is 16.5. The largest absolute Gasteiger partial charge is 0.469 e. The minimum atomic E-state index is -0.189. The first-order chi connectivity index (χ1) is 12.2. The molecule has 0 aliphatic carbocycles. The minimum absolute atomic E-state index is 0.0975. The van der Waals surface area contributed by atoms with Crippen LogP contribution in [-0.4, -0.2) is 42.6 Å². The molecule has 1 unspecified atom stereocenters. The summed E-state index contributed by atoms with van der Waals surface area (Å²) < 4.78 is 5.23. The first-order valence-electron chi connectivity index (χ1n) is 9.55. The maximum Gasteiger partial charge on any atom is 0.314 e. The van der Waals surface area contributed by atoms with Gasteiger partial charge in [0.15, 0.2) is 0 Å². The molecular formula is C21H28N2O2. The minimum Gasteiger partial charge on any atom is -0.469 e. The fraction of sp³-hybridized carbons (Fsp3) is 0.571. The SMILES string of the molecule is CC[C@@]12CCCN(CCc3c([nH]c4ccccc34)[C@H](C(=O)OC)C1)C2. The van der Waals surface area contributed by atoms with E-state index in [1.807, 2.05) is 0 Å². The number of hydrogen-bond acceptors (Lipinski definition) is 3. The van der Waals surface area contributed by atoms with Gasteiger partial charge in [-0.3, -0.25) is 4.79 Å². The number of benzene rings is 1. The molecule has 3 heterocycles. The Morgan fingerprint density at radius 1 is 1.36 bits per heavy atom. The van der Waals surface area contributed by atoms with Gasteiger partial charge in [0, 0.05) is 29.7 Å². The smallest absolute Gasteiger partial charge is 0.314 e. The van der Waals surface area contributed by atoms with Crippen LogP contribution in [0, 0.1) is 5.41 Å².